The number of amidine groups is 1. The molecule has 0 aliphatic carbocycles. The Balaban J connectivity index is 1.63. The number of aliphatic imine (C=N–C) groups is 1. The van der Waals surface area contributed by atoms with Gasteiger partial charge in [0.2, 0.25) is 5.91 Å². The minimum atomic E-state index is -0.656. The molecule has 0 radical (unpaired) electrons. The third-order valence-electron chi connectivity index (χ3n) is 5.54. The molecule has 0 saturated heterocycles. The molecule has 1 amide bonds. The Morgan fingerprint density at radius 2 is 2.00 bits per heavy atom. The van der Waals surface area contributed by atoms with E-state index in [1.54, 1.807) is 51.4 Å². The maximum absolute atomic E-state index is 13.2. The Kier molecular flexibility index (Phi) is 7.49. The van der Waals surface area contributed by atoms with Crippen molar-refractivity contribution in [1.82, 2.24) is 15.2 Å². The molecule has 1 aromatic heterocycles. The third kappa shape index (κ3) is 5.46. The van der Waals surface area contributed by atoms with E-state index < -0.39 is 16.9 Å². The van der Waals surface area contributed by atoms with Gasteiger partial charge in [-0.15, -0.1) is 0 Å². The first kappa shape index (κ1) is 25.1. The first-order valence-corrected chi connectivity index (χ1v) is 12.2. The van der Waals surface area contributed by atoms with Crippen LogP contribution in [0, 0.1) is 10.1 Å². The zero-order valence-corrected chi connectivity index (χ0v) is 20.8. The van der Waals surface area contributed by atoms with Gasteiger partial charge in [-0.2, -0.15) is 0 Å². The lowest BCUT2D eigenvalue weighted by Gasteiger charge is -2.36. The zero-order valence-electron chi connectivity index (χ0n) is 20.0. The van der Waals surface area contributed by atoms with E-state index >= 15 is 0 Å². The largest absolute Gasteiger partial charge is 0.459 e. The number of fused-ring (bicyclic) bond motifs is 1. The molecule has 1 atom stereocenters. The van der Waals surface area contributed by atoms with Crippen molar-refractivity contribution in [2.24, 2.45) is 4.99 Å². The number of amides is 1. The SMILES string of the molecule is CC1=C(C(=O)OC(C)C)[C@@H](c2ccc([N+](=O)[O-])cc2)N2C(CC(=O)NCc3cccnc3)=CSC2=N1. The molecule has 1 N–H and O–H groups in total. The summed E-state index contributed by atoms with van der Waals surface area (Å²) in [5, 5.41) is 16.5. The molecule has 11 heteroatoms. The van der Waals surface area contributed by atoms with Crippen LogP contribution >= 0.6 is 11.8 Å². The monoisotopic (exact) mass is 507 g/mol. The number of non-ortho nitro benzene ring substituents is 1. The Labute approximate surface area is 212 Å². The molecule has 1 aromatic carbocycles. The van der Waals surface area contributed by atoms with Crippen LogP contribution in [-0.4, -0.2) is 38.0 Å². The van der Waals surface area contributed by atoms with Crippen molar-refractivity contribution in [3.8, 4) is 0 Å². The number of esters is 1. The minimum absolute atomic E-state index is 0.0569. The second-order valence-electron chi connectivity index (χ2n) is 8.51. The van der Waals surface area contributed by atoms with Crippen LogP contribution in [0.2, 0.25) is 0 Å². The van der Waals surface area contributed by atoms with Gasteiger partial charge in [-0.05, 0) is 55.5 Å². The summed E-state index contributed by atoms with van der Waals surface area (Å²) in [7, 11) is 0. The lowest BCUT2D eigenvalue weighted by atomic mass is 9.93. The van der Waals surface area contributed by atoms with Crippen LogP contribution in [0.4, 0.5) is 5.69 Å². The Morgan fingerprint density at radius 1 is 1.25 bits per heavy atom. The second kappa shape index (κ2) is 10.7. The van der Waals surface area contributed by atoms with E-state index in [0.29, 0.717) is 34.2 Å². The molecule has 0 saturated carbocycles. The molecular weight excluding hydrogens is 482 g/mol. The molecule has 0 spiro atoms. The van der Waals surface area contributed by atoms with Crippen molar-refractivity contribution in [3.63, 3.8) is 0 Å². The van der Waals surface area contributed by atoms with Crippen LogP contribution in [0.15, 0.2) is 76.2 Å². The van der Waals surface area contributed by atoms with Crippen LogP contribution in [0.1, 0.15) is 44.4 Å². The zero-order chi connectivity index (χ0) is 25.8. The maximum atomic E-state index is 13.2. The highest BCUT2D eigenvalue weighted by molar-refractivity contribution is 8.16. The number of nitro benzene ring substituents is 1. The van der Waals surface area contributed by atoms with Gasteiger partial charge in [0, 0.05) is 36.8 Å². The summed E-state index contributed by atoms with van der Waals surface area (Å²) in [5.41, 5.74) is 2.95. The van der Waals surface area contributed by atoms with Crippen LogP contribution in [0.5, 0.6) is 0 Å². The van der Waals surface area contributed by atoms with E-state index in [9.17, 15) is 19.7 Å². The number of thioether (sulfide) groups is 1. The van der Waals surface area contributed by atoms with Crippen molar-refractivity contribution >= 4 is 34.5 Å². The van der Waals surface area contributed by atoms with Gasteiger partial charge >= 0.3 is 5.97 Å². The fourth-order valence-corrected chi connectivity index (χ4v) is 4.90. The number of ether oxygens (including phenoxy) is 1. The number of nitro groups is 1. The predicted molar refractivity (Wildman–Crippen MR) is 135 cm³/mol. The van der Waals surface area contributed by atoms with Crippen LogP contribution in [-0.2, 0) is 20.9 Å². The second-order valence-corrected chi connectivity index (χ2v) is 9.35. The number of nitrogens with zero attached hydrogens (tertiary/aromatic N) is 4. The van der Waals surface area contributed by atoms with Crippen molar-refractivity contribution in [1.29, 1.82) is 0 Å². The number of pyridine rings is 1. The number of nitrogens with one attached hydrogen (secondary N) is 1. The number of aromatic nitrogens is 1. The molecule has 2 aliphatic heterocycles. The van der Waals surface area contributed by atoms with Gasteiger partial charge < -0.3 is 15.0 Å². The summed E-state index contributed by atoms with van der Waals surface area (Å²) in [4.78, 5) is 47.2. The van der Waals surface area contributed by atoms with Gasteiger partial charge in [-0.25, -0.2) is 9.79 Å². The molecule has 36 heavy (non-hydrogen) atoms. The van der Waals surface area contributed by atoms with Gasteiger partial charge in [-0.1, -0.05) is 17.8 Å². The lowest BCUT2D eigenvalue weighted by Crippen LogP contribution is -2.38. The molecule has 186 valence electrons. The highest BCUT2D eigenvalue weighted by atomic mass is 32.2. The number of carbonyl (C=O) groups is 2. The van der Waals surface area contributed by atoms with E-state index in [1.807, 2.05) is 16.4 Å². The number of hydrogen-bond donors (Lipinski definition) is 1. The van der Waals surface area contributed by atoms with E-state index in [-0.39, 0.29) is 24.1 Å². The van der Waals surface area contributed by atoms with Crippen LogP contribution < -0.4 is 5.32 Å². The molecule has 0 fully saturated rings. The molecule has 3 heterocycles. The van der Waals surface area contributed by atoms with Gasteiger partial charge in [0.25, 0.3) is 5.69 Å². The lowest BCUT2D eigenvalue weighted by molar-refractivity contribution is -0.384. The van der Waals surface area contributed by atoms with Crippen LogP contribution in [0.25, 0.3) is 0 Å². The molecule has 0 bridgehead atoms. The summed E-state index contributed by atoms with van der Waals surface area (Å²) in [6, 6.07) is 9.05. The quantitative estimate of drug-likeness (QED) is 0.320. The molecule has 2 aromatic rings. The normalized spacial score (nSPS) is 16.9. The van der Waals surface area contributed by atoms with E-state index in [0.717, 1.165) is 5.56 Å². The van der Waals surface area contributed by atoms with Crippen molar-refractivity contribution in [3.05, 3.63) is 92.4 Å². The van der Waals surface area contributed by atoms with Gasteiger partial charge in [0.15, 0.2) is 5.17 Å². The summed E-state index contributed by atoms with van der Waals surface area (Å²) < 4.78 is 5.51. The maximum Gasteiger partial charge on any atom is 0.338 e. The number of hydrogen-bond acceptors (Lipinski definition) is 9. The topological polar surface area (TPSA) is 127 Å². The summed E-state index contributed by atoms with van der Waals surface area (Å²) in [6.45, 7) is 5.59. The van der Waals surface area contributed by atoms with E-state index in [2.05, 4.69) is 15.3 Å². The number of carbonyl (C=O) groups excluding carboxylic acids is 2. The highest BCUT2D eigenvalue weighted by Crippen LogP contribution is 2.45. The Hall–Kier alpha value is -3.99. The Morgan fingerprint density at radius 3 is 2.64 bits per heavy atom. The summed E-state index contributed by atoms with van der Waals surface area (Å²) in [6.07, 6.45) is 3.06. The number of benzene rings is 1. The highest BCUT2D eigenvalue weighted by Gasteiger charge is 2.41. The first-order valence-electron chi connectivity index (χ1n) is 11.3. The summed E-state index contributed by atoms with van der Waals surface area (Å²) >= 11 is 1.36. The average Bonchev–Trinajstić information content (AvgIpc) is 3.23. The molecule has 10 nitrogen and oxygen atoms in total. The minimum Gasteiger partial charge on any atom is -0.459 e. The van der Waals surface area contributed by atoms with Crippen molar-refractivity contribution in [2.45, 2.75) is 45.9 Å². The predicted octanol–water partition coefficient (Wildman–Crippen LogP) is 4.22. The van der Waals surface area contributed by atoms with Gasteiger partial charge in [0.1, 0.15) is 0 Å². The van der Waals surface area contributed by atoms with Crippen molar-refractivity contribution in [2.75, 3.05) is 0 Å². The number of allylic oxidation sites excluding steroid dienone is 1. The number of rotatable bonds is 8. The molecule has 0 unspecified atom stereocenters. The van der Waals surface area contributed by atoms with Gasteiger partial charge in [0.05, 0.1) is 34.8 Å². The van der Waals surface area contributed by atoms with Gasteiger partial charge in [-0.3, -0.25) is 19.9 Å². The third-order valence-corrected chi connectivity index (χ3v) is 6.43. The van der Waals surface area contributed by atoms with Crippen molar-refractivity contribution < 1.29 is 19.2 Å². The molecule has 4 rings (SSSR count). The summed E-state index contributed by atoms with van der Waals surface area (Å²) in [5.74, 6) is -0.724. The molecule has 2 aliphatic rings. The smallest absolute Gasteiger partial charge is 0.338 e. The van der Waals surface area contributed by atoms with Crippen LogP contribution in [0.3, 0.4) is 0 Å². The Bertz CT molecular complexity index is 1270. The van der Waals surface area contributed by atoms with E-state index in [1.165, 1.54) is 23.9 Å². The molecular formula is C25H25N5O5S. The van der Waals surface area contributed by atoms with E-state index in [4.69, 9.17) is 4.74 Å². The average molecular weight is 508 g/mol. The fraction of sp³-hybridized carbons (Fsp3) is 0.280. The fourth-order valence-electron chi connectivity index (χ4n) is 3.93. The standard InChI is InChI=1S/C25H25N5O5S/c1-15(2)35-24(32)22-16(3)28-25-29(23(22)18-6-8-19(9-7-18)30(33)34)20(14-36-25)11-21(31)27-13-17-5-4-10-26-12-17/h4-10,12,14-15,23H,11,13H2,1-3H3,(H,27,31)/t23-/m1/s1. The first-order chi connectivity index (χ1) is 17.2.